The maximum atomic E-state index is 13.3. The maximum Gasteiger partial charge on any atom is 0.126 e. The molecule has 0 radical (unpaired) electrons. The molecular weight excluding hydrogens is 260 g/mol. The first-order valence-corrected chi connectivity index (χ1v) is 6.36. The number of pyridine rings is 1. The van der Waals surface area contributed by atoms with Crippen LogP contribution in [0.5, 0.6) is 0 Å². The molecule has 1 heterocycles. The van der Waals surface area contributed by atoms with Crippen LogP contribution in [-0.4, -0.2) is 23.5 Å². The molecular formula is C15H17F2N3. The average molecular weight is 277 g/mol. The summed E-state index contributed by atoms with van der Waals surface area (Å²) in [5.74, 6) is -1.19. The van der Waals surface area contributed by atoms with E-state index < -0.39 is 11.6 Å². The lowest BCUT2D eigenvalue weighted by molar-refractivity contribution is 0.238. The molecule has 0 aliphatic carbocycles. The molecule has 1 atom stereocenters. The molecule has 0 aliphatic rings. The number of likely N-dealkylation sites (N-methyl/N-ethyl adjacent to an activating group) is 1. The van der Waals surface area contributed by atoms with Gasteiger partial charge in [-0.15, -0.1) is 0 Å². The lowest BCUT2D eigenvalue weighted by Crippen LogP contribution is -2.30. The van der Waals surface area contributed by atoms with E-state index in [9.17, 15) is 8.78 Å². The third kappa shape index (κ3) is 3.59. The molecule has 0 amide bonds. The number of halogens is 2. The van der Waals surface area contributed by atoms with Crippen molar-refractivity contribution in [3.8, 4) is 0 Å². The minimum Gasteiger partial charge on any atom is -0.329 e. The highest BCUT2D eigenvalue weighted by Gasteiger charge is 2.17. The summed E-state index contributed by atoms with van der Waals surface area (Å²) < 4.78 is 26.6. The van der Waals surface area contributed by atoms with Crippen molar-refractivity contribution in [1.29, 1.82) is 0 Å². The Labute approximate surface area is 117 Å². The monoisotopic (exact) mass is 277 g/mol. The molecule has 0 saturated heterocycles. The third-order valence-corrected chi connectivity index (χ3v) is 3.16. The van der Waals surface area contributed by atoms with Gasteiger partial charge in [0.25, 0.3) is 0 Å². The molecule has 1 aromatic carbocycles. The van der Waals surface area contributed by atoms with Crippen LogP contribution >= 0.6 is 0 Å². The number of hydrogen-bond donors (Lipinski definition) is 1. The maximum absolute atomic E-state index is 13.3. The Bertz CT molecular complexity index is 540. The summed E-state index contributed by atoms with van der Waals surface area (Å²) in [5.41, 5.74) is 7.16. The Morgan fingerprint density at radius 1 is 1.20 bits per heavy atom. The van der Waals surface area contributed by atoms with Gasteiger partial charge in [0.1, 0.15) is 11.6 Å². The van der Waals surface area contributed by atoms with Crippen molar-refractivity contribution in [2.45, 2.75) is 12.6 Å². The van der Waals surface area contributed by atoms with E-state index in [0.29, 0.717) is 12.1 Å². The number of benzene rings is 1. The van der Waals surface area contributed by atoms with Gasteiger partial charge in [-0.2, -0.15) is 0 Å². The van der Waals surface area contributed by atoms with Crippen LogP contribution in [0.3, 0.4) is 0 Å². The van der Waals surface area contributed by atoms with Gasteiger partial charge >= 0.3 is 0 Å². The second kappa shape index (κ2) is 6.54. The van der Waals surface area contributed by atoms with Gasteiger partial charge in [-0.1, -0.05) is 6.07 Å². The van der Waals surface area contributed by atoms with E-state index in [1.807, 2.05) is 30.1 Å². The Kier molecular flexibility index (Phi) is 4.76. The molecule has 106 valence electrons. The highest BCUT2D eigenvalue weighted by atomic mass is 19.1. The lowest BCUT2D eigenvalue weighted by Gasteiger charge is -2.27. The molecule has 5 heteroatoms. The van der Waals surface area contributed by atoms with Crippen LogP contribution in [0.1, 0.15) is 17.3 Å². The van der Waals surface area contributed by atoms with E-state index in [4.69, 9.17) is 5.73 Å². The van der Waals surface area contributed by atoms with Crippen molar-refractivity contribution in [2.75, 3.05) is 13.6 Å². The summed E-state index contributed by atoms with van der Waals surface area (Å²) >= 11 is 0. The summed E-state index contributed by atoms with van der Waals surface area (Å²) in [6, 6.07) is 8.86. The fourth-order valence-electron chi connectivity index (χ4n) is 2.20. The van der Waals surface area contributed by atoms with Crippen LogP contribution in [0.4, 0.5) is 8.78 Å². The van der Waals surface area contributed by atoms with Crippen LogP contribution in [0.25, 0.3) is 0 Å². The molecule has 0 saturated carbocycles. The SMILES string of the molecule is CN(Cc1ccccn1)C(CN)c1cc(F)cc(F)c1. The van der Waals surface area contributed by atoms with Crippen LogP contribution in [-0.2, 0) is 6.54 Å². The summed E-state index contributed by atoms with van der Waals surface area (Å²) in [6.07, 6.45) is 1.71. The molecule has 0 spiro atoms. The molecule has 2 rings (SSSR count). The molecule has 2 N–H and O–H groups in total. The second-order valence-electron chi connectivity index (χ2n) is 4.69. The van der Waals surface area contributed by atoms with Gasteiger partial charge in [-0.05, 0) is 36.9 Å². The Balaban J connectivity index is 2.18. The third-order valence-electron chi connectivity index (χ3n) is 3.16. The summed E-state index contributed by atoms with van der Waals surface area (Å²) in [4.78, 5) is 6.16. The van der Waals surface area contributed by atoms with Crippen LogP contribution in [0, 0.1) is 11.6 Å². The number of hydrogen-bond acceptors (Lipinski definition) is 3. The minimum absolute atomic E-state index is 0.262. The van der Waals surface area contributed by atoms with Crippen molar-refractivity contribution in [3.05, 3.63) is 65.5 Å². The minimum atomic E-state index is -0.593. The van der Waals surface area contributed by atoms with E-state index in [1.165, 1.54) is 12.1 Å². The second-order valence-corrected chi connectivity index (χ2v) is 4.69. The Hall–Kier alpha value is -1.85. The smallest absolute Gasteiger partial charge is 0.126 e. The molecule has 1 unspecified atom stereocenters. The van der Waals surface area contributed by atoms with E-state index in [-0.39, 0.29) is 12.6 Å². The van der Waals surface area contributed by atoms with E-state index in [2.05, 4.69) is 4.98 Å². The highest BCUT2D eigenvalue weighted by Crippen LogP contribution is 2.21. The highest BCUT2D eigenvalue weighted by molar-refractivity contribution is 5.22. The topological polar surface area (TPSA) is 42.2 Å². The van der Waals surface area contributed by atoms with E-state index in [0.717, 1.165) is 11.8 Å². The van der Waals surface area contributed by atoms with Gasteiger partial charge in [0, 0.05) is 31.4 Å². The van der Waals surface area contributed by atoms with Crippen molar-refractivity contribution >= 4 is 0 Å². The van der Waals surface area contributed by atoms with Crippen molar-refractivity contribution in [2.24, 2.45) is 5.73 Å². The molecule has 0 aliphatic heterocycles. The molecule has 0 fully saturated rings. The van der Waals surface area contributed by atoms with Crippen molar-refractivity contribution in [1.82, 2.24) is 9.88 Å². The van der Waals surface area contributed by atoms with Crippen LogP contribution in [0.15, 0.2) is 42.6 Å². The summed E-state index contributed by atoms with van der Waals surface area (Å²) in [7, 11) is 1.86. The lowest BCUT2D eigenvalue weighted by atomic mass is 10.1. The molecule has 20 heavy (non-hydrogen) atoms. The number of aromatic nitrogens is 1. The first-order chi connectivity index (χ1) is 9.60. The van der Waals surface area contributed by atoms with Crippen LogP contribution in [0.2, 0.25) is 0 Å². The predicted molar refractivity (Wildman–Crippen MR) is 73.9 cm³/mol. The van der Waals surface area contributed by atoms with Gasteiger partial charge in [-0.25, -0.2) is 8.78 Å². The zero-order valence-electron chi connectivity index (χ0n) is 11.3. The first-order valence-electron chi connectivity index (χ1n) is 6.36. The van der Waals surface area contributed by atoms with Gasteiger partial charge in [0.05, 0.1) is 5.69 Å². The largest absolute Gasteiger partial charge is 0.329 e. The molecule has 2 aromatic rings. The quantitative estimate of drug-likeness (QED) is 0.913. The van der Waals surface area contributed by atoms with Gasteiger partial charge in [-0.3, -0.25) is 9.88 Å². The normalized spacial score (nSPS) is 12.7. The van der Waals surface area contributed by atoms with E-state index in [1.54, 1.807) is 6.20 Å². The van der Waals surface area contributed by atoms with Gasteiger partial charge in [0.2, 0.25) is 0 Å². The summed E-state index contributed by atoms with van der Waals surface area (Å²) in [5, 5.41) is 0. The average Bonchev–Trinajstić information content (AvgIpc) is 2.39. The fourth-order valence-corrected chi connectivity index (χ4v) is 2.20. The number of nitrogens with zero attached hydrogens (tertiary/aromatic N) is 2. The van der Waals surface area contributed by atoms with Crippen LogP contribution < -0.4 is 5.73 Å². The fraction of sp³-hybridized carbons (Fsp3) is 0.267. The number of nitrogens with two attached hydrogens (primary N) is 1. The van der Waals surface area contributed by atoms with Gasteiger partial charge < -0.3 is 5.73 Å². The molecule has 1 aromatic heterocycles. The Morgan fingerprint density at radius 2 is 1.90 bits per heavy atom. The van der Waals surface area contributed by atoms with E-state index >= 15 is 0 Å². The standard InChI is InChI=1S/C15H17F2N3/c1-20(10-14-4-2-3-5-19-14)15(9-18)11-6-12(16)8-13(17)7-11/h2-8,15H,9-10,18H2,1H3. The zero-order chi connectivity index (χ0) is 14.5. The number of rotatable bonds is 5. The predicted octanol–water partition coefficient (Wildman–Crippen LogP) is 2.49. The van der Waals surface area contributed by atoms with Gasteiger partial charge in [0.15, 0.2) is 0 Å². The first kappa shape index (κ1) is 14.6. The van der Waals surface area contributed by atoms with Crippen molar-refractivity contribution < 1.29 is 8.78 Å². The molecule has 3 nitrogen and oxygen atoms in total. The molecule has 0 bridgehead atoms. The Morgan fingerprint density at radius 3 is 2.45 bits per heavy atom. The van der Waals surface area contributed by atoms with Crippen molar-refractivity contribution in [3.63, 3.8) is 0 Å². The summed E-state index contributed by atoms with van der Waals surface area (Å²) in [6.45, 7) is 0.826. The zero-order valence-corrected chi connectivity index (χ0v) is 11.3.